The fourth-order valence-electron chi connectivity index (χ4n) is 3.49. The summed E-state index contributed by atoms with van der Waals surface area (Å²) in [6.07, 6.45) is 11.3. The van der Waals surface area contributed by atoms with Gasteiger partial charge in [0.15, 0.2) is 0 Å². The number of fused-ring (bicyclic) bond motifs is 1. The van der Waals surface area contributed by atoms with Crippen LogP contribution in [0.4, 0.5) is 4.79 Å². The molecule has 0 N–H and O–H groups in total. The highest BCUT2D eigenvalue weighted by atomic mass is 32.2. The third-order valence-electron chi connectivity index (χ3n) is 4.87. The number of aromatic nitrogens is 5. The van der Waals surface area contributed by atoms with E-state index in [4.69, 9.17) is 4.74 Å². The monoisotopic (exact) mass is 442 g/mol. The Balaban J connectivity index is 1.73. The lowest BCUT2D eigenvalue weighted by molar-refractivity contribution is 0.0273. The molecule has 164 valence electrons. The standard InChI is InChI=1S/C21H26N6O3S/c1-21(2,3)30-20(28)26-8-6-7-14(12-26)16-13-27-17(15-9-23-25(4)11-15)10-22-18(27)19(24-16)31(5)29/h7,9-11,13H,6,8,12H2,1-5H3. The Labute approximate surface area is 183 Å². The average Bonchev–Trinajstić information content (AvgIpc) is 3.31. The molecule has 4 rings (SSSR count). The van der Waals surface area contributed by atoms with E-state index in [1.165, 1.54) is 0 Å². The molecule has 10 heteroatoms. The number of aryl methyl sites for hydroxylation is 1. The molecule has 4 heterocycles. The molecule has 0 aromatic carbocycles. The van der Waals surface area contributed by atoms with Gasteiger partial charge in [-0.1, -0.05) is 6.08 Å². The van der Waals surface area contributed by atoms with Crippen LogP contribution in [-0.2, 0) is 23.0 Å². The van der Waals surface area contributed by atoms with E-state index in [9.17, 15) is 9.35 Å². The van der Waals surface area contributed by atoms with Crippen molar-refractivity contribution in [2.45, 2.75) is 37.8 Å². The fraction of sp³-hybridized carbons (Fsp3) is 0.429. The normalized spacial score (nSPS) is 15.8. The molecule has 1 aliphatic heterocycles. The molecular weight excluding hydrogens is 416 g/mol. The van der Waals surface area contributed by atoms with Crippen LogP contribution in [0.15, 0.2) is 35.9 Å². The molecular formula is C21H26N6O3S. The van der Waals surface area contributed by atoms with Crippen LogP contribution in [0.3, 0.4) is 0 Å². The van der Waals surface area contributed by atoms with Crippen LogP contribution in [0.1, 0.15) is 32.9 Å². The maximum Gasteiger partial charge on any atom is 0.410 e. The average molecular weight is 443 g/mol. The highest BCUT2D eigenvalue weighted by Crippen LogP contribution is 2.27. The summed E-state index contributed by atoms with van der Waals surface area (Å²) in [5, 5.41) is 4.64. The van der Waals surface area contributed by atoms with Crippen molar-refractivity contribution in [3.05, 3.63) is 36.6 Å². The van der Waals surface area contributed by atoms with E-state index in [1.807, 2.05) is 44.6 Å². The number of ether oxygens (including phenoxy) is 1. The fourth-order valence-corrected chi connectivity index (χ4v) is 4.12. The second-order valence-corrected chi connectivity index (χ2v) is 9.84. The van der Waals surface area contributed by atoms with Gasteiger partial charge >= 0.3 is 6.09 Å². The van der Waals surface area contributed by atoms with Gasteiger partial charge in [-0.15, -0.1) is 0 Å². The number of carbonyl (C=O) groups excluding carboxylic acids is 1. The molecule has 1 aliphatic rings. The molecule has 0 spiro atoms. The van der Waals surface area contributed by atoms with E-state index in [1.54, 1.807) is 28.2 Å². The predicted molar refractivity (Wildman–Crippen MR) is 118 cm³/mol. The zero-order valence-corrected chi connectivity index (χ0v) is 19.1. The molecule has 1 unspecified atom stereocenters. The number of hydrogen-bond acceptors (Lipinski definition) is 6. The molecule has 0 saturated carbocycles. The van der Waals surface area contributed by atoms with Crippen LogP contribution in [0.2, 0.25) is 0 Å². The maximum absolute atomic E-state index is 12.6. The number of hydrogen-bond donors (Lipinski definition) is 0. The van der Waals surface area contributed by atoms with Crippen LogP contribution in [0.5, 0.6) is 0 Å². The minimum Gasteiger partial charge on any atom is -0.610 e. The van der Waals surface area contributed by atoms with Crippen molar-refractivity contribution in [1.82, 2.24) is 29.0 Å². The highest BCUT2D eigenvalue weighted by molar-refractivity contribution is 7.90. The quantitative estimate of drug-likeness (QED) is 0.578. The molecule has 0 aliphatic carbocycles. The summed E-state index contributed by atoms with van der Waals surface area (Å²) in [5.41, 5.74) is 3.26. The first-order valence-corrected chi connectivity index (χ1v) is 11.6. The number of imidazole rings is 1. The molecule has 0 saturated heterocycles. The molecule has 3 aromatic rings. The number of rotatable bonds is 3. The molecule has 9 nitrogen and oxygen atoms in total. The molecule has 3 aromatic heterocycles. The summed E-state index contributed by atoms with van der Waals surface area (Å²) in [6.45, 7) is 6.51. The van der Waals surface area contributed by atoms with E-state index in [2.05, 4.69) is 21.1 Å². The molecule has 0 radical (unpaired) electrons. The van der Waals surface area contributed by atoms with Gasteiger partial charge in [0.05, 0.1) is 30.3 Å². The predicted octanol–water partition coefficient (Wildman–Crippen LogP) is 2.89. The van der Waals surface area contributed by atoms with Gasteiger partial charge in [0.25, 0.3) is 5.03 Å². The smallest absolute Gasteiger partial charge is 0.410 e. The minimum absolute atomic E-state index is 0.350. The zero-order valence-electron chi connectivity index (χ0n) is 18.3. The first kappa shape index (κ1) is 21.4. The molecule has 0 fully saturated rings. The summed E-state index contributed by atoms with van der Waals surface area (Å²) in [4.78, 5) is 23.3. The van der Waals surface area contributed by atoms with Gasteiger partial charge in [-0.25, -0.2) is 9.78 Å². The van der Waals surface area contributed by atoms with E-state index in [0.29, 0.717) is 35.9 Å². The Bertz CT molecular complexity index is 1160. The van der Waals surface area contributed by atoms with Crippen molar-refractivity contribution >= 4 is 28.5 Å². The topological polar surface area (TPSA) is 101 Å². The van der Waals surface area contributed by atoms with Gasteiger partial charge in [-0.05, 0) is 32.8 Å². The third kappa shape index (κ3) is 4.45. The van der Waals surface area contributed by atoms with E-state index >= 15 is 0 Å². The first-order valence-electron chi connectivity index (χ1n) is 10.0. The first-order chi connectivity index (χ1) is 14.6. The molecule has 31 heavy (non-hydrogen) atoms. The Morgan fingerprint density at radius 3 is 2.68 bits per heavy atom. The van der Waals surface area contributed by atoms with Crippen molar-refractivity contribution in [3.63, 3.8) is 0 Å². The van der Waals surface area contributed by atoms with Crippen LogP contribution < -0.4 is 0 Å². The molecule has 1 atom stereocenters. The summed E-state index contributed by atoms with van der Waals surface area (Å²) < 4.78 is 21.6. The van der Waals surface area contributed by atoms with Crippen molar-refractivity contribution in [2.24, 2.45) is 7.05 Å². The lowest BCUT2D eigenvalue weighted by Crippen LogP contribution is -2.39. The van der Waals surface area contributed by atoms with Gasteiger partial charge in [0.2, 0.25) is 5.65 Å². The van der Waals surface area contributed by atoms with Gasteiger partial charge in [-0.2, -0.15) is 10.1 Å². The highest BCUT2D eigenvalue weighted by Gasteiger charge is 2.27. The van der Waals surface area contributed by atoms with Gasteiger partial charge < -0.3 is 14.2 Å². The van der Waals surface area contributed by atoms with Crippen molar-refractivity contribution in [2.75, 3.05) is 19.3 Å². The molecule has 0 bridgehead atoms. The Morgan fingerprint density at radius 2 is 2.03 bits per heavy atom. The van der Waals surface area contributed by atoms with Crippen LogP contribution in [0, 0.1) is 0 Å². The summed E-state index contributed by atoms with van der Waals surface area (Å²) in [7, 11) is 1.85. The largest absolute Gasteiger partial charge is 0.610 e. The minimum atomic E-state index is -1.33. The van der Waals surface area contributed by atoms with E-state index in [-0.39, 0.29) is 6.09 Å². The summed E-state index contributed by atoms with van der Waals surface area (Å²) in [6, 6.07) is 0. The Kier molecular flexibility index (Phi) is 5.52. The third-order valence-corrected chi connectivity index (χ3v) is 5.68. The van der Waals surface area contributed by atoms with Crippen LogP contribution >= 0.6 is 0 Å². The van der Waals surface area contributed by atoms with Gasteiger partial charge in [0, 0.05) is 42.7 Å². The van der Waals surface area contributed by atoms with E-state index in [0.717, 1.165) is 16.8 Å². The van der Waals surface area contributed by atoms with Crippen molar-refractivity contribution in [1.29, 1.82) is 0 Å². The maximum atomic E-state index is 12.6. The van der Waals surface area contributed by atoms with Crippen molar-refractivity contribution in [3.8, 4) is 11.3 Å². The Hall–Kier alpha value is -2.85. The van der Waals surface area contributed by atoms with Crippen LogP contribution in [-0.4, -0.2) is 64.6 Å². The zero-order chi connectivity index (χ0) is 22.3. The lowest BCUT2D eigenvalue weighted by atomic mass is 10.1. The SMILES string of the molecule is Cn1cc(-c2cnc3c([S+](C)[O-])nc(C4=CCCN(C(=O)OC(C)(C)C)C4)cn23)cn1. The van der Waals surface area contributed by atoms with E-state index < -0.39 is 16.8 Å². The van der Waals surface area contributed by atoms with Crippen molar-refractivity contribution < 1.29 is 14.1 Å². The van der Waals surface area contributed by atoms with Crippen LogP contribution in [0.25, 0.3) is 22.5 Å². The summed E-state index contributed by atoms with van der Waals surface area (Å²) in [5.74, 6) is 0. The number of carbonyl (C=O) groups is 1. The molecule has 1 amide bonds. The van der Waals surface area contributed by atoms with Gasteiger partial charge in [-0.3, -0.25) is 9.08 Å². The lowest BCUT2D eigenvalue weighted by Gasteiger charge is -2.30. The summed E-state index contributed by atoms with van der Waals surface area (Å²) >= 11 is -1.33. The second kappa shape index (κ2) is 8.01. The number of nitrogens with zero attached hydrogens (tertiary/aromatic N) is 6. The number of amides is 1. The Morgan fingerprint density at radius 1 is 1.26 bits per heavy atom. The van der Waals surface area contributed by atoms with Gasteiger partial charge in [0.1, 0.15) is 11.9 Å². The second-order valence-electron chi connectivity index (χ2n) is 8.55.